The molecule has 25 heavy (non-hydrogen) atoms. The van der Waals surface area contributed by atoms with Gasteiger partial charge in [0.15, 0.2) is 0 Å². The molecule has 0 bridgehead atoms. The predicted molar refractivity (Wildman–Crippen MR) is 101 cm³/mol. The van der Waals surface area contributed by atoms with Gasteiger partial charge in [0.25, 0.3) is 5.91 Å². The van der Waals surface area contributed by atoms with Gasteiger partial charge in [-0.3, -0.25) is 4.79 Å². The van der Waals surface area contributed by atoms with Crippen LogP contribution >= 0.6 is 0 Å². The van der Waals surface area contributed by atoms with Crippen LogP contribution in [0.3, 0.4) is 0 Å². The normalized spacial score (nSPS) is 15.7. The van der Waals surface area contributed by atoms with Gasteiger partial charge < -0.3 is 10.0 Å². The maximum Gasteiger partial charge on any atom is 0.282 e. The number of carbonyl (C=O) groups is 1. The number of aryl methyl sites for hydroxylation is 2. The zero-order valence-corrected chi connectivity index (χ0v) is 14.8. The van der Waals surface area contributed by atoms with Crippen LogP contribution in [-0.4, -0.2) is 23.8 Å². The van der Waals surface area contributed by atoms with Gasteiger partial charge >= 0.3 is 0 Å². The largest absolute Gasteiger partial charge is 0.508 e. The van der Waals surface area contributed by atoms with E-state index in [0.717, 1.165) is 16.9 Å². The molecule has 0 aromatic heterocycles. The molecule has 0 atom stereocenters. The highest BCUT2D eigenvalue weighted by atomic mass is 16.3. The van der Waals surface area contributed by atoms with Crippen molar-refractivity contribution in [2.75, 3.05) is 17.0 Å². The maximum atomic E-state index is 12.8. The van der Waals surface area contributed by atoms with E-state index in [2.05, 4.69) is 5.10 Å². The molecule has 0 spiro atoms. The molecule has 0 fully saturated rings. The molecule has 2 aromatic carbocycles. The second-order valence-corrected chi connectivity index (χ2v) is 6.24. The average molecular weight is 335 g/mol. The maximum absolute atomic E-state index is 12.8. The Morgan fingerprint density at radius 2 is 1.72 bits per heavy atom. The molecule has 0 aliphatic carbocycles. The monoisotopic (exact) mass is 335 g/mol. The number of phenolic OH excluding ortho intramolecular Hbond substituents is 1. The Hall–Kier alpha value is -3.08. The molecule has 0 unspecified atom stereocenters. The molecule has 1 amide bonds. The standard InChI is InChI=1S/C20H21N3O2/c1-13-5-6-17(11-14(13)2)23-20(25)19(15(3)21-23)12-22(4)16-7-9-18(24)10-8-16/h5-12,24H,1-4H3. The number of anilines is 2. The van der Waals surface area contributed by atoms with Crippen molar-refractivity contribution in [3.63, 3.8) is 0 Å². The lowest BCUT2D eigenvalue weighted by molar-refractivity contribution is -0.114. The van der Waals surface area contributed by atoms with Crippen molar-refractivity contribution in [3.05, 3.63) is 65.4 Å². The molecule has 1 heterocycles. The van der Waals surface area contributed by atoms with E-state index >= 15 is 0 Å². The first kappa shape index (κ1) is 16.8. The molecule has 5 heteroatoms. The summed E-state index contributed by atoms with van der Waals surface area (Å²) in [6.45, 7) is 5.89. The molecule has 5 nitrogen and oxygen atoms in total. The van der Waals surface area contributed by atoms with Gasteiger partial charge in [0.1, 0.15) is 5.75 Å². The SMILES string of the molecule is CC1=NN(c2ccc(C)c(C)c2)C(=O)C1=CN(C)c1ccc(O)cc1. The van der Waals surface area contributed by atoms with Crippen molar-refractivity contribution in [2.24, 2.45) is 5.10 Å². The zero-order chi connectivity index (χ0) is 18.1. The first-order chi connectivity index (χ1) is 11.9. The van der Waals surface area contributed by atoms with Crippen molar-refractivity contribution in [2.45, 2.75) is 20.8 Å². The summed E-state index contributed by atoms with van der Waals surface area (Å²) in [5, 5.41) is 15.3. The highest BCUT2D eigenvalue weighted by Gasteiger charge is 2.29. The van der Waals surface area contributed by atoms with Gasteiger partial charge in [-0.1, -0.05) is 6.07 Å². The lowest BCUT2D eigenvalue weighted by Crippen LogP contribution is -2.23. The molecule has 1 aliphatic rings. The number of hydrogen-bond donors (Lipinski definition) is 1. The molecular weight excluding hydrogens is 314 g/mol. The van der Waals surface area contributed by atoms with E-state index in [1.165, 1.54) is 10.6 Å². The lowest BCUT2D eigenvalue weighted by Gasteiger charge is -2.16. The van der Waals surface area contributed by atoms with Gasteiger partial charge in [-0.25, -0.2) is 0 Å². The van der Waals surface area contributed by atoms with Crippen LogP contribution in [0.15, 0.2) is 59.3 Å². The number of amides is 1. The van der Waals surface area contributed by atoms with Gasteiger partial charge in [-0.05, 0) is 68.3 Å². The van der Waals surface area contributed by atoms with Crippen LogP contribution in [0.4, 0.5) is 11.4 Å². The van der Waals surface area contributed by atoms with Gasteiger partial charge in [0.05, 0.1) is 17.0 Å². The summed E-state index contributed by atoms with van der Waals surface area (Å²) in [7, 11) is 1.86. The van der Waals surface area contributed by atoms with Crippen molar-refractivity contribution in [1.82, 2.24) is 0 Å². The Bertz CT molecular complexity index is 882. The van der Waals surface area contributed by atoms with Crippen molar-refractivity contribution in [3.8, 4) is 5.75 Å². The number of phenols is 1. The third-order valence-electron chi connectivity index (χ3n) is 4.38. The Balaban J connectivity index is 1.89. The summed E-state index contributed by atoms with van der Waals surface area (Å²) in [6.07, 6.45) is 1.77. The van der Waals surface area contributed by atoms with Gasteiger partial charge in [-0.15, -0.1) is 0 Å². The molecule has 0 radical (unpaired) electrons. The summed E-state index contributed by atoms with van der Waals surface area (Å²) >= 11 is 0. The lowest BCUT2D eigenvalue weighted by atomic mass is 10.1. The van der Waals surface area contributed by atoms with Crippen LogP contribution in [0, 0.1) is 13.8 Å². The predicted octanol–water partition coefficient (Wildman–Crippen LogP) is 3.75. The molecule has 2 aromatic rings. The first-order valence-electron chi connectivity index (χ1n) is 8.08. The van der Waals surface area contributed by atoms with E-state index in [4.69, 9.17) is 0 Å². The number of aromatic hydroxyl groups is 1. The van der Waals surface area contributed by atoms with Crippen LogP contribution in [0.1, 0.15) is 18.1 Å². The average Bonchev–Trinajstić information content (AvgIpc) is 2.86. The number of hydrogen-bond acceptors (Lipinski definition) is 4. The van der Waals surface area contributed by atoms with Crippen molar-refractivity contribution >= 4 is 23.0 Å². The van der Waals surface area contributed by atoms with Crippen molar-refractivity contribution in [1.29, 1.82) is 0 Å². The van der Waals surface area contributed by atoms with E-state index in [9.17, 15) is 9.90 Å². The Morgan fingerprint density at radius 1 is 1.04 bits per heavy atom. The fourth-order valence-corrected chi connectivity index (χ4v) is 2.66. The summed E-state index contributed by atoms with van der Waals surface area (Å²) in [6, 6.07) is 12.7. The Labute approximate surface area is 147 Å². The summed E-state index contributed by atoms with van der Waals surface area (Å²) < 4.78 is 0. The summed E-state index contributed by atoms with van der Waals surface area (Å²) in [5.74, 6) is 0.0618. The molecule has 1 N–H and O–H groups in total. The minimum absolute atomic E-state index is 0.147. The minimum atomic E-state index is -0.147. The number of nitrogens with zero attached hydrogens (tertiary/aromatic N) is 3. The van der Waals surface area contributed by atoms with Gasteiger partial charge in [-0.2, -0.15) is 10.1 Å². The van der Waals surface area contributed by atoms with Crippen LogP contribution in [-0.2, 0) is 4.79 Å². The Kier molecular flexibility index (Phi) is 4.31. The van der Waals surface area contributed by atoms with E-state index in [-0.39, 0.29) is 11.7 Å². The van der Waals surface area contributed by atoms with Crippen molar-refractivity contribution < 1.29 is 9.90 Å². The van der Waals surface area contributed by atoms with E-state index < -0.39 is 0 Å². The van der Waals surface area contributed by atoms with E-state index in [1.54, 1.807) is 30.5 Å². The number of hydrazone groups is 1. The number of benzene rings is 2. The third kappa shape index (κ3) is 3.26. The second-order valence-electron chi connectivity index (χ2n) is 6.24. The molecule has 0 saturated heterocycles. The smallest absolute Gasteiger partial charge is 0.282 e. The minimum Gasteiger partial charge on any atom is -0.508 e. The molecule has 0 saturated carbocycles. The molecule has 3 rings (SSSR count). The number of carbonyl (C=O) groups excluding carboxylic acids is 1. The van der Waals surface area contributed by atoms with Gasteiger partial charge in [0.2, 0.25) is 0 Å². The molecule has 1 aliphatic heterocycles. The second kappa shape index (κ2) is 6.43. The van der Waals surface area contributed by atoms with Gasteiger partial charge in [0, 0.05) is 18.9 Å². The zero-order valence-electron chi connectivity index (χ0n) is 14.8. The topological polar surface area (TPSA) is 56.1 Å². The van der Waals surface area contributed by atoms with Crippen LogP contribution < -0.4 is 9.91 Å². The molecular formula is C20H21N3O2. The summed E-state index contributed by atoms with van der Waals surface area (Å²) in [4.78, 5) is 14.7. The fourth-order valence-electron chi connectivity index (χ4n) is 2.66. The highest BCUT2D eigenvalue weighted by molar-refractivity contribution is 6.29. The van der Waals surface area contributed by atoms with Crippen LogP contribution in [0.2, 0.25) is 0 Å². The summed E-state index contributed by atoms with van der Waals surface area (Å²) in [5.41, 5.74) is 5.16. The third-order valence-corrected chi connectivity index (χ3v) is 4.38. The highest BCUT2D eigenvalue weighted by Crippen LogP contribution is 2.26. The molecule has 128 valence electrons. The Morgan fingerprint density at radius 3 is 2.36 bits per heavy atom. The van der Waals surface area contributed by atoms with E-state index in [1.807, 2.05) is 50.9 Å². The quantitative estimate of drug-likeness (QED) is 0.869. The number of rotatable bonds is 3. The fraction of sp³-hybridized carbons (Fsp3) is 0.200. The van der Waals surface area contributed by atoms with Crippen LogP contribution in [0.5, 0.6) is 5.75 Å². The van der Waals surface area contributed by atoms with Crippen LogP contribution in [0.25, 0.3) is 0 Å². The van der Waals surface area contributed by atoms with E-state index in [0.29, 0.717) is 11.3 Å². The first-order valence-corrected chi connectivity index (χ1v) is 8.08.